The van der Waals surface area contributed by atoms with Crippen LogP contribution in [0.3, 0.4) is 0 Å². The number of pyridine rings is 1. The number of nitrogens with zero attached hydrogens (tertiary/aromatic N) is 1. The third kappa shape index (κ3) is 8.68. The van der Waals surface area contributed by atoms with E-state index >= 15 is 4.57 Å². The number of ether oxygens (including phenoxy) is 1. The lowest BCUT2D eigenvalue weighted by molar-refractivity contribution is -0.141. The highest BCUT2D eigenvalue weighted by molar-refractivity contribution is 9.10. The first-order valence-corrected chi connectivity index (χ1v) is 17.9. The molecular weight excluding hydrogens is 617 g/mol. The smallest absolute Gasteiger partial charge is 0.376 e. The molecule has 2 heterocycles. The van der Waals surface area contributed by atoms with Gasteiger partial charge in [0.2, 0.25) is 5.85 Å². The van der Waals surface area contributed by atoms with Crippen molar-refractivity contribution in [2.24, 2.45) is 35.5 Å². The van der Waals surface area contributed by atoms with Gasteiger partial charge < -0.3 is 18.2 Å². The Morgan fingerprint density at radius 2 is 1.57 bits per heavy atom. The fourth-order valence-electron chi connectivity index (χ4n) is 6.20. The van der Waals surface area contributed by atoms with Crippen LogP contribution in [-0.4, -0.2) is 23.2 Å². The first-order valence-electron chi connectivity index (χ1n) is 15.5. The summed E-state index contributed by atoms with van der Waals surface area (Å²) >= 11 is 3.27. The summed E-state index contributed by atoms with van der Waals surface area (Å²) in [5.74, 6) is 0.877. The highest BCUT2D eigenvalue weighted by Crippen LogP contribution is 2.65. The van der Waals surface area contributed by atoms with Crippen LogP contribution in [0.15, 0.2) is 51.8 Å². The molecule has 9 heteroatoms. The van der Waals surface area contributed by atoms with Crippen molar-refractivity contribution in [3.8, 4) is 0 Å². The molecule has 0 aliphatic heterocycles. The average Bonchev–Trinajstić information content (AvgIpc) is 3.38. The standard InChI is InChI=1S/C33H47BrNO6P/c1-21(2)25-11-9-23(5)29(18-25)40-42(37,41-30-19-26(22(3)4)12-10-24(30)6)33(27-8-7-17-35-20-27)39-32(36)16-14-28-13-15-31(34)38-28/h7-8,13-17,20-26,29-30,33H,9-12,18-19H2,1-6H3/b16-14+/t23-,24-,25+,26+,29+,30+,33-/m0/s1. The van der Waals surface area contributed by atoms with Crippen LogP contribution >= 0.6 is 23.5 Å². The Hall–Kier alpha value is -1.73. The van der Waals surface area contributed by atoms with Crippen molar-refractivity contribution in [3.63, 3.8) is 0 Å². The van der Waals surface area contributed by atoms with Gasteiger partial charge in [0.1, 0.15) is 5.76 Å². The number of halogens is 1. The Morgan fingerprint density at radius 3 is 2.05 bits per heavy atom. The molecule has 4 rings (SSSR count). The summed E-state index contributed by atoms with van der Waals surface area (Å²) < 4.78 is 40.7. The third-order valence-corrected chi connectivity index (χ3v) is 11.8. The van der Waals surface area contributed by atoms with Gasteiger partial charge in [0.15, 0.2) is 4.67 Å². The first-order chi connectivity index (χ1) is 19.9. The van der Waals surface area contributed by atoms with Gasteiger partial charge in [-0.25, -0.2) is 4.79 Å². The number of hydrogen-bond donors (Lipinski definition) is 0. The molecule has 0 saturated heterocycles. The Balaban J connectivity index is 1.69. The molecular formula is C33H47BrNO6P. The van der Waals surface area contributed by atoms with Crippen molar-refractivity contribution >= 4 is 35.6 Å². The van der Waals surface area contributed by atoms with E-state index in [1.165, 1.54) is 12.2 Å². The molecule has 7 atom stereocenters. The van der Waals surface area contributed by atoms with E-state index in [0.717, 1.165) is 38.5 Å². The molecule has 0 aromatic carbocycles. The molecule has 2 aromatic rings. The molecule has 2 fully saturated rings. The van der Waals surface area contributed by atoms with Gasteiger partial charge in [0.05, 0.1) is 12.2 Å². The van der Waals surface area contributed by atoms with E-state index in [-0.39, 0.29) is 24.0 Å². The lowest BCUT2D eigenvalue weighted by Crippen LogP contribution is -2.35. The van der Waals surface area contributed by atoms with E-state index < -0.39 is 19.4 Å². The molecule has 2 aromatic heterocycles. The Bertz CT molecular complexity index is 1190. The van der Waals surface area contributed by atoms with Gasteiger partial charge in [0, 0.05) is 24.0 Å². The quantitative estimate of drug-likeness (QED) is 0.134. The zero-order chi connectivity index (χ0) is 30.4. The maximum atomic E-state index is 15.3. The van der Waals surface area contributed by atoms with Crippen molar-refractivity contribution in [2.45, 2.75) is 98.1 Å². The minimum Gasteiger partial charge on any atom is -0.450 e. The highest BCUT2D eigenvalue weighted by atomic mass is 79.9. The summed E-state index contributed by atoms with van der Waals surface area (Å²) in [7, 11) is -4.07. The second-order valence-electron chi connectivity index (χ2n) is 13.0. The molecule has 0 bridgehead atoms. The van der Waals surface area contributed by atoms with Gasteiger partial charge in [-0.05, 0) is 114 Å². The SMILES string of the molecule is CC(C)[C@@H]1CC[C@H](C)[C@H](OP(=O)(O[C@@H]2C[C@H](C(C)C)CC[C@@H]2C)[C@H](OC(=O)/C=C/c2ccc(Br)o2)c2cccnc2)C1. The van der Waals surface area contributed by atoms with Crippen LogP contribution in [0.1, 0.15) is 97.2 Å². The Kier molecular flexibility index (Phi) is 11.7. The summed E-state index contributed by atoms with van der Waals surface area (Å²) in [5, 5.41) is 0. The van der Waals surface area contributed by atoms with Gasteiger partial charge >= 0.3 is 13.6 Å². The average molecular weight is 665 g/mol. The van der Waals surface area contributed by atoms with Crippen LogP contribution in [0.25, 0.3) is 6.08 Å². The number of esters is 1. The topological polar surface area (TPSA) is 87.9 Å². The van der Waals surface area contributed by atoms with Crippen LogP contribution < -0.4 is 0 Å². The van der Waals surface area contributed by atoms with Gasteiger partial charge in [-0.2, -0.15) is 0 Å². The second-order valence-corrected chi connectivity index (χ2v) is 15.7. The number of hydrogen-bond acceptors (Lipinski definition) is 7. The molecule has 2 saturated carbocycles. The summed E-state index contributed by atoms with van der Waals surface area (Å²) in [4.78, 5) is 17.5. The lowest BCUT2D eigenvalue weighted by atomic mass is 9.76. The monoisotopic (exact) mass is 663 g/mol. The van der Waals surface area contributed by atoms with Crippen molar-refractivity contribution in [1.29, 1.82) is 0 Å². The van der Waals surface area contributed by atoms with Crippen LogP contribution in [0.2, 0.25) is 0 Å². The molecule has 0 unspecified atom stereocenters. The highest BCUT2D eigenvalue weighted by Gasteiger charge is 2.48. The number of furan rings is 1. The molecule has 232 valence electrons. The normalized spacial score (nSPS) is 27.9. The number of carbonyl (C=O) groups excluding carboxylic acids is 1. The van der Waals surface area contributed by atoms with E-state index in [9.17, 15) is 4.79 Å². The van der Waals surface area contributed by atoms with Crippen molar-refractivity contribution < 1.29 is 27.6 Å². The number of rotatable bonds is 11. The van der Waals surface area contributed by atoms with Crippen LogP contribution in [0, 0.1) is 35.5 Å². The molecule has 2 aliphatic carbocycles. The largest absolute Gasteiger partial charge is 0.450 e. The lowest BCUT2D eigenvalue weighted by Gasteiger charge is -2.42. The van der Waals surface area contributed by atoms with E-state index in [1.54, 1.807) is 36.7 Å². The fourth-order valence-corrected chi connectivity index (χ4v) is 8.88. The fraction of sp³-hybridized carbons (Fsp3) is 0.636. The number of carbonyl (C=O) groups is 1. The maximum Gasteiger partial charge on any atom is 0.376 e. The zero-order valence-electron chi connectivity index (χ0n) is 25.8. The number of aromatic nitrogens is 1. The summed E-state index contributed by atoms with van der Waals surface area (Å²) in [6.45, 7) is 13.2. The first kappa shape index (κ1) is 33.2. The molecule has 7 nitrogen and oxygen atoms in total. The maximum absolute atomic E-state index is 15.3. The van der Waals surface area contributed by atoms with Gasteiger partial charge in [-0.15, -0.1) is 0 Å². The van der Waals surface area contributed by atoms with E-state index in [4.69, 9.17) is 18.2 Å². The Labute approximate surface area is 259 Å². The molecule has 2 aliphatic rings. The molecule has 0 N–H and O–H groups in total. The summed E-state index contributed by atoms with van der Waals surface area (Å²) in [6, 6.07) is 6.98. The van der Waals surface area contributed by atoms with Crippen molar-refractivity contribution in [3.05, 3.63) is 58.7 Å². The Morgan fingerprint density at radius 1 is 0.976 bits per heavy atom. The van der Waals surface area contributed by atoms with Crippen molar-refractivity contribution in [2.75, 3.05) is 0 Å². The van der Waals surface area contributed by atoms with E-state index in [0.29, 0.717) is 39.7 Å². The molecule has 0 amide bonds. The van der Waals surface area contributed by atoms with Crippen LogP contribution in [-0.2, 0) is 23.1 Å². The predicted octanol–water partition coefficient (Wildman–Crippen LogP) is 9.84. The van der Waals surface area contributed by atoms with E-state index in [1.807, 2.05) is 0 Å². The molecule has 0 radical (unpaired) electrons. The second kappa shape index (κ2) is 14.8. The predicted molar refractivity (Wildman–Crippen MR) is 169 cm³/mol. The molecule has 0 spiro atoms. The van der Waals surface area contributed by atoms with E-state index in [2.05, 4.69) is 62.5 Å². The zero-order valence-corrected chi connectivity index (χ0v) is 28.3. The van der Waals surface area contributed by atoms with Gasteiger partial charge in [-0.3, -0.25) is 9.55 Å². The minimum absolute atomic E-state index is 0.201. The minimum atomic E-state index is -4.07. The third-order valence-electron chi connectivity index (χ3n) is 9.24. The summed E-state index contributed by atoms with van der Waals surface area (Å²) in [6.07, 6.45) is 11.3. The van der Waals surface area contributed by atoms with Crippen LogP contribution in [0.5, 0.6) is 0 Å². The van der Waals surface area contributed by atoms with Gasteiger partial charge in [0.25, 0.3) is 0 Å². The van der Waals surface area contributed by atoms with Crippen molar-refractivity contribution in [1.82, 2.24) is 4.98 Å². The summed E-state index contributed by atoms with van der Waals surface area (Å²) in [5.41, 5.74) is 0.482. The van der Waals surface area contributed by atoms with Gasteiger partial charge in [-0.1, -0.05) is 47.6 Å². The van der Waals surface area contributed by atoms with Crippen LogP contribution in [0.4, 0.5) is 0 Å². The molecule has 42 heavy (non-hydrogen) atoms.